The summed E-state index contributed by atoms with van der Waals surface area (Å²) in [5.41, 5.74) is -0.0935. The molecule has 35 heavy (non-hydrogen) atoms. The number of sulfonamides is 1. The van der Waals surface area contributed by atoms with Gasteiger partial charge in [-0.1, -0.05) is 31.5 Å². The number of benzene rings is 1. The number of ether oxygens (including phenoxy) is 1. The summed E-state index contributed by atoms with van der Waals surface area (Å²) >= 11 is 6.09. The van der Waals surface area contributed by atoms with E-state index >= 15 is 0 Å². The molecule has 0 bridgehead atoms. The fourth-order valence-electron chi connectivity index (χ4n) is 3.03. The molecule has 0 aliphatic heterocycles. The molecule has 0 saturated heterocycles. The first-order chi connectivity index (χ1) is 16.3. The maximum Gasteiger partial charge on any atom is 0.416 e. The molecule has 1 aromatic heterocycles. The van der Waals surface area contributed by atoms with Crippen LogP contribution in [0.5, 0.6) is 5.88 Å². The largest absolute Gasteiger partial charge is 0.476 e. The Morgan fingerprint density at radius 3 is 2.63 bits per heavy atom. The topological polar surface area (TPSA) is 90.3 Å². The highest BCUT2D eigenvalue weighted by Crippen LogP contribution is 2.33. The van der Waals surface area contributed by atoms with E-state index in [-0.39, 0.29) is 29.1 Å². The highest BCUT2D eigenvalue weighted by molar-refractivity contribution is 7.90. The molecule has 1 saturated carbocycles. The molecular weight excluding hydrogens is 507 g/mol. The van der Waals surface area contributed by atoms with Gasteiger partial charge in [0, 0.05) is 17.2 Å². The van der Waals surface area contributed by atoms with Gasteiger partial charge in [0.15, 0.2) is 0 Å². The number of hydrogen-bond acceptors (Lipinski definition) is 5. The fraction of sp³-hybridized carbons (Fsp3) is 0.478. The Balaban J connectivity index is 1.78. The summed E-state index contributed by atoms with van der Waals surface area (Å²) in [6.45, 7) is 4.25. The Kier molecular flexibility index (Phi) is 8.53. The van der Waals surface area contributed by atoms with Crippen LogP contribution in [0.25, 0.3) is 6.08 Å². The van der Waals surface area contributed by atoms with Crippen LogP contribution >= 0.6 is 11.6 Å². The molecular formula is C23H27ClF3N3O4S. The number of halogens is 4. The van der Waals surface area contributed by atoms with Gasteiger partial charge in [-0.05, 0) is 54.9 Å². The van der Waals surface area contributed by atoms with Crippen LogP contribution in [0, 0.1) is 11.8 Å². The van der Waals surface area contributed by atoms with E-state index in [1.165, 1.54) is 16.8 Å². The fourth-order valence-corrected chi connectivity index (χ4v) is 4.53. The van der Waals surface area contributed by atoms with Gasteiger partial charge in [0.2, 0.25) is 15.9 Å². The molecule has 2 aromatic rings. The number of aromatic nitrogens is 2. The predicted octanol–water partition coefficient (Wildman–Crippen LogP) is 4.90. The standard InChI is InChI=1S/C23H27ClF3N3O4S/c1-15(2)9-10-35(32,33)29-21(31)8-7-19-12-22(34-14-16-3-4-16)28-30(19)13-17-5-6-18(11-20(17)24)23(25,26)27/h5-8,11-12,15-16H,3-4,9-10,13-14H2,1-2H3,(H,29,31)/b8-7+. The SMILES string of the molecule is CC(C)CCS(=O)(=O)NC(=O)/C=C/c1cc(OCC2CC2)nn1Cc1ccc(C(F)(F)F)cc1Cl. The number of hydrogen-bond donors (Lipinski definition) is 1. The number of amides is 1. The third kappa shape index (κ3) is 8.57. The van der Waals surface area contributed by atoms with E-state index in [9.17, 15) is 26.4 Å². The van der Waals surface area contributed by atoms with Gasteiger partial charge in [0.25, 0.3) is 5.91 Å². The lowest BCUT2D eigenvalue weighted by molar-refractivity contribution is -0.137. The molecule has 1 heterocycles. The molecule has 1 aliphatic carbocycles. The molecule has 0 unspecified atom stereocenters. The Labute approximate surface area is 207 Å². The second-order valence-corrected chi connectivity index (χ2v) is 11.2. The molecule has 0 atom stereocenters. The van der Waals surface area contributed by atoms with Crippen molar-refractivity contribution in [2.45, 2.75) is 45.8 Å². The Hall–Kier alpha value is -2.53. The van der Waals surface area contributed by atoms with E-state index in [1.807, 2.05) is 18.6 Å². The monoisotopic (exact) mass is 533 g/mol. The molecule has 3 rings (SSSR count). The number of carbonyl (C=O) groups is 1. The molecule has 1 aliphatic rings. The Bertz CT molecular complexity index is 1190. The van der Waals surface area contributed by atoms with Crippen LogP contribution in [-0.4, -0.2) is 36.5 Å². The Morgan fingerprint density at radius 2 is 2.03 bits per heavy atom. The minimum absolute atomic E-state index is 0.0116. The van der Waals surface area contributed by atoms with Gasteiger partial charge in [0.1, 0.15) is 0 Å². The average molecular weight is 534 g/mol. The normalized spacial score (nSPS) is 14.6. The molecule has 1 amide bonds. The van der Waals surface area contributed by atoms with Crippen molar-refractivity contribution in [2.75, 3.05) is 12.4 Å². The first kappa shape index (κ1) is 27.1. The molecule has 192 valence electrons. The zero-order valence-corrected chi connectivity index (χ0v) is 20.9. The van der Waals surface area contributed by atoms with Crippen LogP contribution in [-0.2, 0) is 27.5 Å². The third-order valence-electron chi connectivity index (χ3n) is 5.28. The minimum Gasteiger partial charge on any atom is -0.476 e. The van der Waals surface area contributed by atoms with Crippen LogP contribution in [0.1, 0.15) is 49.9 Å². The molecule has 1 aromatic carbocycles. The van der Waals surface area contributed by atoms with Crippen molar-refractivity contribution in [2.24, 2.45) is 11.8 Å². The zero-order chi connectivity index (χ0) is 25.8. The quantitative estimate of drug-likeness (QED) is 0.415. The van der Waals surface area contributed by atoms with Crippen LogP contribution in [0.15, 0.2) is 30.3 Å². The summed E-state index contributed by atoms with van der Waals surface area (Å²) < 4.78 is 72.1. The third-order valence-corrected chi connectivity index (χ3v) is 6.92. The van der Waals surface area contributed by atoms with Crippen molar-refractivity contribution >= 4 is 33.6 Å². The number of nitrogens with zero attached hydrogens (tertiary/aromatic N) is 2. The lowest BCUT2D eigenvalue weighted by Gasteiger charge is -2.11. The number of alkyl halides is 3. The molecule has 0 spiro atoms. The average Bonchev–Trinajstić information content (AvgIpc) is 3.50. The molecule has 1 fully saturated rings. The lowest BCUT2D eigenvalue weighted by Crippen LogP contribution is -2.31. The first-order valence-electron chi connectivity index (χ1n) is 11.1. The number of nitrogens with one attached hydrogen (secondary N) is 1. The predicted molar refractivity (Wildman–Crippen MR) is 126 cm³/mol. The van der Waals surface area contributed by atoms with Crippen LogP contribution in [0.4, 0.5) is 13.2 Å². The van der Waals surface area contributed by atoms with Crippen LogP contribution < -0.4 is 9.46 Å². The maximum absolute atomic E-state index is 12.9. The maximum atomic E-state index is 12.9. The number of rotatable bonds is 11. The highest BCUT2D eigenvalue weighted by atomic mass is 35.5. The molecule has 1 N–H and O–H groups in total. The van der Waals surface area contributed by atoms with Gasteiger partial charge in [-0.2, -0.15) is 13.2 Å². The van der Waals surface area contributed by atoms with Crippen molar-refractivity contribution in [1.29, 1.82) is 0 Å². The van der Waals surface area contributed by atoms with E-state index in [2.05, 4.69) is 5.10 Å². The smallest absolute Gasteiger partial charge is 0.416 e. The summed E-state index contributed by atoms with van der Waals surface area (Å²) in [6.07, 6.45) is 0.449. The second-order valence-electron chi connectivity index (χ2n) is 8.92. The van der Waals surface area contributed by atoms with Gasteiger partial charge in [-0.25, -0.2) is 13.1 Å². The van der Waals surface area contributed by atoms with E-state index in [1.54, 1.807) is 6.07 Å². The molecule has 12 heteroatoms. The lowest BCUT2D eigenvalue weighted by atomic mass is 10.1. The van der Waals surface area contributed by atoms with Gasteiger partial charge < -0.3 is 4.74 Å². The Morgan fingerprint density at radius 1 is 1.31 bits per heavy atom. The van der Waals surface area contributed by atoms with Gasteiger partial charge >= 0.3 is 6.18 Å². The van der Waals surface area contributed by atoms with Gasteiger partial charge in [-0.3, -0.25) is 9.48 Å². The molecule has 0 radical (unpaired) electrons. The molecule has 7 nitrogen and oxygen atoms in total. The minimum atomic E-state index is -4.52. The summed E-state index contributed by atoms with van der Waals surface area (Å²) in [6, 6.07) is 4.60. The van der Waals surface area contributed by atoms with Crippen molar-refractivity contribution in [3.8, 4) is 5.88 Å². The van der Waals surface area contributed by atoms with Crippen molar-refractivity contribution in [3.63, 3.8) is 0 Å². The first-order valence-corrected chi connectivity index (χ1v) is 13.1. The van der Waals surface area contributed by atoms with Crippen molar-refractivity contribution in [3.05, 3.63) is 52.2 Å². The van der Waals surface area contributed by atoms with Crippen LogP contribution in [0.2, 0.25) is 5.02 Å². The van der Waals surface area contributed by atoms with E-state index < -0.39 is 27.7 Å². The van der Waals surface area contributed by atoms with Crippen molar-refractivity contribution < 1.29 is 31.1 Å². The van der Waals surface area contributed by atoms with Crippen LogP contribution in [0.3, 0.4) is 0 Å². The van der Waals surface area contributed by atoms with Crippen molar-refractivity contribution in [1.82, 2.24) is 14.5 Å². The second kappa shape index (κ2) is 11.0. The zero-order valence-electron chi connectivity index (χ0n) is 19.3. The highest BCUT2D eigenvalue weighted by Gasteiger charge is 2.31. The van der Waals surface area contributed by atoms with E-state index in [0.717, 1.165) is 31.1 Å². The summed E-state index contributed by atoms with van der Waals surface area (Å²) in [7, 11) is -3.77. The summed E-state index contributed by atoms with van der Waals surface area (Å²) in [4.78, 5) is 12.2. The van der Waals surface area contributed by atoms with Gasteiger partial charge in [0.05, 0.1) is 30.2 Å². The van der Waals surface area contributed by atoms with Gasteiger partial charge in [-0.15, -0.1) is 5.10 Å². The number of carbonyl (C=O) groups excluding carboxylic acids is 1. The summed E-state index contributed by atoms with van der Waals surface area (Å²) in [5.74, 6) is -0.0876. The summed E-state index contributed by atoms with van der Waals surface area (Å²) in [5, 5.41) is 4.25. The van der Waals surface area contributed by atoms with E-state index in [0.29, 0.717) is 30.2 Å². The van der Waals surface area contributed by atoms with E-state index in [4.69, 9.17) is 16.3 Å².